The number of ether oxygens (including phenoxy) is 2. The molecular formula is C36H48N4O7. The van der Waals surface area contributed by atoms with Gasteiger partial charge in [0.05, 0.1) is 6.42 Å². The van der Waals surface area contributed by atoms with Gasteiger partial charge in [0.2, 0.25) is 17.7 Å². The highest BCUT2D eigenvalue weighted by Gasteiger charge is 2.41. The molecule has 0 aliphatic heterocycles. The second-order valence-electron chi connectivity index (χ2n) is 13.3. The molecule has 4 N–H and O–H groups in total. The number of carbonyl (C=O) groups excluding carboxylic acids is 5. The van der Waals surface area contributed by atoms with Gasteiger partial charge < -0.3 is 30.7 Å². The third-order valence-electron chi connectivity index (χ3n) is 6.94. The maximum atomic E-state index is 14.5. The molecule has 0 aliphatic carbocycles. The fraction of sp³-hybridized carbons (Fsp3) is 0.472. The molecule has 0 spiro atoms. The summed E-state index contributed by atoms with van der Waals surface area (Å²) in [6.07, 6.45) is 4.82. The second kappa shape index (κ2) is 16.6. The lowest BCUT2D eigenvalue weighted by molar-refractivity contribution is -0.159. The second-order valence-corrected chi connectivity index (χ2v) is 13.3. The van der Waals surface area contributed by atoms with Crippen molar-refractivity contribution in [3.05, 3.63) is 71.3 Å². The first kappa shape index (κ1) is 38.3. The summed E-state index contributed by atoms with van der Waals surface area (Å²) in [5.41, 5.74) is 5.16. The summed E-state index contributed by atoms with van der Waals surface area (Å²) in [6.45, 7) is 13.6. The van der Waals surface area contributed by atoms with Crippen molar-refractivity contribution in [1.82, 2.24) is 15.5 Å². The molecule has 47 heavy (non-hydrogen) atoms. The van der Waals surface area contributed by atoms with Gasteiger partial charge in [-0.1, -0.05) is 61.4 Å². The average molecular weight is 649 g/mol. The van der Waals surface area contributed by atoms with Crippen molar-refractivity contribution in [2.45, 2.75) is 110 Å². The quantitative estimate of drug-likeness (QED) is 0.217. The van der Waals surface area contributed by atoms with E-state index >= 15 is 0 Å². The van der Waals surface area contributed by atoms with E-state index in [1.165, 1.54) is 4.90 Å². The van der Waals surface area contributed by atoms with Crippen molar-refractivity contribution in [3.8, 4) is 12.3 Å². The van der Waals surface area contributed by atoms with Crippen molar-refractivity contribution in [2.24, 2.45) is 5.73 Å². The van der Waals surface area contributed by atoms with Crippen LogP contribution in [0.2, 0.25) is 0 Å². The Bertz CT molecular complexity index is 1450. The zero-order valence-electron chi connectivity index (χ0n) is 28.6. The first-order valence-electron chi connectivity index (χ1n) is 15.6. The standard InChI is InChI=1S/C36H48N4O7/c1-10-23(3)40(32(43)27(22-29(37)41)39-34(45)47-36(7,8)9)30(26-20-16-15-19-25(26)11-2)31(42)38-28(33(44)46-35(4,5)6)21-24-17-13-12-14-18-24/h2,12-20,23,27-28,30H,10,21-22H2,1,3-9H3,(H2,37,41)(H,38,42)(H,39,45). The number of terminal acetylenes is 1. The van der Waals surface area contributed by atoms with Crippen molar-refractivity contribution in [1.29, 1.82) is 0 Å². The molecule has 2 rings (SSSR count). The monoisotopic (exact) mass is 648 g/mol. The highest BCUT2D eigenvalue weighted by atomic mass is 16.6. The number of hydrogen-bond acceptors (Lipinski definition) is 7. The van der Waals surface area contributed by atoms with Gasteiger partial charge in [-0.15, -0.1) is 6.42 Å². The Kier molecular flexibility index (Phi) is 13.6. The van der Waals surface area contributed by atoms with Crippen LogP contribution in [0.25, 0.3) is 0 Å². The van der Waals surface area contributed by atoms with Gasteiger partial charge in [0, 0.05) is 18.0 Å². The number of nitrogens with one attached hydrogen (secondary N) is 2. The summed E-state index contributed by atoms with van der Waals surface area (Å²) < 4.78 is 11.0. The van der Waals surface area contributed by atoms with Crippen LogP contribution in [0.15, 0.2) is 54.6 Å². The van der Waals surface area contributed by atoms with Gasteiger partial charge in [-0.2, -0.15) is 0 Å². The van der Waals surface area contributed by atoms with Gasteiger partial charge >= 0.3 is 12.1 Å². The maximum Gasteiger partial charge on any atom is 0.408 e. The zero-order chi connectivity index (χ0) is 35.5. The van der Waals surface area contributed by atoms with Crippen LogP contribution in [0, 0.1) is 12.3 Å². The minimum atomic E-state index is -1.48. The number of esters is 1. The highest BCUT2D eigenvalue weighted by Crippen LogP contribution is 2.29. The molecule has 2 aromatic carbocycles. The van der Waals surface area contributed by atoms with E-state index in [1.807, 2.05) is 37.3 Å². The summed E-state index contributed by atoms with van der Waals surface area (Å²) in [5.74, 6) is -0.443. The van der Waals surface area contributed by atoms with E-state index in [-0.39, 0.29) is 6.42 Å². The van der Waals surface area contributed by atoms with E-state index in [9.17, 15) is 24.0 Å². The number of benzene rings is 2. The lowest BCUT2D eigenvalue weighted by Crippen LogP contribution is -2.57. The first-order valence-corrected chi connectivity index (χ1v) is 15.6. The molecule has 0 radical (unpaired) electrons. The Hall–Kier alpha value is -4.85. The zero-order valence-corrected chi connectivity index (χ0v) is 28.6. The van der Waals surface area contributed by atoms with E-state index in [0.717, 1.165) is 5.56 Å². The van der Waals surface area contributed by atoms with Gasteiger partial charge in [0.25, 0.3) is 0 Å². The molecule has 4 unspecified atom stereocenters. The molecular weight excluding hydrogens is 600 g/mol. The van der Waals surface area contributed by atoms with Crippen LogP contribution in [0.4, 0.5) is 4.79 Å². The normalized spacial score (nSPS) is 13.9. The minimum Gasteiger partial charge on any atom is -0.458 e. The molecule has 11 heteroatoms. The Labute approximate surface area is 277 Å². The number of amides is 4. The molecule has 4 amide bonds. The minimum absolute atomic E-state index is 0.104. The van der Waals surface area contributed by atoms with Crippen molar-refractivity contribution in [3.63, 3.8) is 0 Å². The molecule has 0 aliphatic rings. The first-order chi connectivity index (χ1) is 21.9. The van der Waals surface area contributed by atoms with Gasteiger partial charge in [-0.3, -0.25) is 14.4 Å². The SMILES string of the molecule is C#Cc1ccccc1C(C(=O)NC(Cc1ccccc1)C(=O)OC(C)(C)C)N(C(=O)C(CC(N)=O)NC(=O)OC(C)(C)C)C(C)CC. The van der Waals surface area contributed by atoms with Crippen molar-refractivity contribution in [2.75, 3.05) is 0 Å². The van der Waals surface area contributed by atoms with E-state index in [0.29, 0.717) is 17.5 Å². The third kappa shape index (κ3) is 12.1. The van der Waals surface area contributed by atoms with Crippen molar-refractivity contribution < 1.29 is 33.4 Å². The Morgan fingerprint density at radius 2 is 1.45 bits per heavy atom. The van der Waals surface area contributed by atoms with Gasteiger partial charge in [0.15, 0.2) is 0 Å². The molecule has 0 aromatic heterocycles. The number of alkyl carbamates (subject to hydrolysis) is 1. The van der Waals surface area contributed by atoms with Gasteiger partial charge in [-0.05, 0) is 72.1 Å². The number of hydrogen-bond donors (Lipinski definition) is 3. The van der Waals surface area contributed by atoms with Crippen LogP contribution in [-0.2, 0) is 35.1 Å². The predicted molar refractivity (Wildman–Crippen MR) is 179 cm³/mol. The Morgan fingerprint density at radius 3 is 1.98 bits per heavy atom. The highest BCUT2D eigenvalue weighted by molar-refractivity contribution is 5.96. The number of nitrogens with two attached hydrogens (primary N) is 1. The predicted octanol–water partition coefficient (Wildman–Crippen LogP) is 4.17. The smallest absolute Gasteiger partial charge is 0.408 e. The van der Waals surface area contributed by atoms with Crippen LogP contribution >= 0.6 is 0 Å². The molecule has 254 valence electrons. The van der Waals surface area contributed by atoms with Gasteiger partial charge in [-0.25, -0.2) is 9.59 Å². The fourth-order valence-corrected chi connectivity index (χ4v) is 4.78. The number of primary amides is 1. The summed E-state index contributed by atoms with van der Waals surface area (Å²) in [7, 11) is 0. The molecule has 4 atom stereocenters. The summed E-state index contributed by atoms with van der Waals surface area (Å²) in [6, 6.07) is 11.1. The lowest BCUT2D eigenvalue weighted by Gasteiger charge is -2.39. The largest absolute Gasteiger partial charge is 0.458 e. The molecule has 2 aromatic rings. The molecule has 11 nitrogen and oxygen atoms in total. The number of rotatable bonds is 13. The molecule has 0 saturated carbocycles. The topological polar surface area (TPSA) is 157 Å². The summed E-state index contributed by atoms with van der Waals surface area (Å²) in [4.78, 5) is 68.6. The van der Waals surface area contributed by atoms with E-state index in [4.69, 9.17) is 21.6 Å². The van der Waals surface area contributed by atoms with Crippen LogP contribution in [0.3, 0.4) is 0 Å². The third-order valence-corrected chi connectivity index (χ3v) is 6.94. The van der Waals surface area contributed by atoms with E-state index in [1.54, 1.807) is 72.7 Å². The molecule has 0 bridgehead atoms. The lowest BCUT2D eigenvalue weighted by atomic mass is 9.94. The molecule has 0 heterocycles. The summed E-state index contributed by atoms with van der Waals surface area (Å²) in [5, 5.41) is 5.28. The Balaban J connectivity index is 2.71. The van der Waals surface area contributed by atoms with Gasteiger partial charge in [0.1, 0.15) is 29.3 Å². The average Bonchev–Trinajstić information content (AvgIpc) is 2.96. The van der Waals surface area contributed by atoms with E-state index < -0.39 is 71.6 Å². The van der Waals surface area contributed by atoms with Crippen LogP contribution in [0.5, 0.6) is 0 Å². The van der Waals surface area contributed by atoms with Crippen LogP contribution < -0.4 is 16.4 Å². The van der Waals surface area contributed by atoms with Crippen LogP contribution in [-0.4, -0.2) is 64.0 Å². The Morgan fingerprint density at radius 1 is 0.872 bits per heavy atom. The number of carbonyl (C=O) groups is 5. The fourth-order valence-electron chi connectivity index (χ4n) is 4.78. The molecule has 0 saturated heterocycles. The molecule has 0 fully saturated rings. The summed E-state index contributed by atoms with van der Waals surface area (Å²) >= 11 is 0. The number of nitrogens with zero attached hydrogens (tertiary/aromatic N) is 1. The maximum absolute atomic E-state index is 14.5. The van der Waals surface area contributed by atoms with E-state index in [2.05, 4.69) is 16.6 Å². The van der Waals surface area contributed by atoms with Crippen LogP contribution in [0.1, 0.15) is 91.0 Å². The van der Waals surface area contributed by atoms with Crippen molar-refractivity contribution >= 4 is 29.8 Å².